The molecule has 0 aliphatic carbocycles. The maximum absolute atomic E-state index is 7.32. The van der Waals surface area contributed by atoms with E-state index in [-0.39, 0.29) is 0 Å². The Morgan fingerprint density at radius 3 is 1.67 bits per heavy atom. The van der Waals surface area contributed by atoms with Crippen molar-refractivity contribution in [3.05, 3.63) is 0 Å². The Balaban J connectivity index is 0. The predicted octanol–water partition coefficient (Wildman–Crippen LogP) is 2.34. The minimum absolute atomic E-state index is 1.19. The highest BCUT2D eigenvalue weighted by Gasteiger charge is 1.40. The largest absolute Gasteiger partial charge is 0.199 e. The second kappa shape index (κ2) is 16.8. The molecule has 0 aromatic rings. The fourth-order valence-corrected chi connectivity index (χ4v) is 0. The number of nitriles is 1. The van der Waals surface area contributed by atoms with Crippen LogP contribution in [0.25, 0.3) is 0 Å². The lowest BCUT2D eigenvalue weighted by Crippen LogP contribution is -1.17. The molecule has 0 unspecified atom stereocenters. The minimum atomic E-state index is 1.19. The van der Waals surface area contributed by atoms with Gasteiger partial charge >= 0.3 is 0 Å². The van der Waals surface area contributed by atoms with Crippen LogP contribution in [0, 0.1) is 11.3 Å². The first-order valence-corrected chi connectivity index (χ1v) is 4.31. The van der Waals surface area contributed by atoms with E-state index in [1.807, 2.05) is 0 Å². The Morgan fingerprint density at radius 2 is 1.67 bits per heavy atom. The molecule has 0 bridgehead atoms. The predicted molar refractivity (Wildman–Crippen MR) is 44.2 cm³/mol. The molecule has 3 heteroatoms. The molecular formula is C3H5I2N. The van der Waals surface area contributed by atoms with Crippen LogP contribution < -0.4 is 0 Å². The van der Waals surface area contributed by atoms with E-state index in [2.05, 4.69) is 45.2 Å². The van der Waals surface area contributed by atoms with Crippen LogP contribution in [0.1, 0.15) is 6.92 Å². The molecule has 36 valence electrons. The van der Waals surface area contributed by atoms with Crippen molar-refractivity contribution in [2.45, 2.75) is 6.92 Å². The average Bonchev–Trinajstić information content (AvgIpc) is 1.39. The van der Waals surface area contributed by atoms with Crippen LogP contribution in [0.5, 0.6) is 0 Å². The molecule has 0 heterocycles. The molecule has 0 rings (SSSR count). The highest BCUT2D eigenvalue weighted by molar-refractivity contribution is 14.2. The molecule has 0 saturated carbocycles. The van der Waals surface area contributed by atoms with Crippen molar-refractivity contribution in [2.75, 3.05) is 2.43 Å². The lowest BCUT2D eigenvalue weighted by molar-refractivity contribution is 1.49. The summed E-state index contributed by atoms with van der Waals surface area (Å²) >= 11 is 4.55. The molecule has 1 nitrogen and oxygen atoms in total. The van der Waals surface area contributed by atoms with Gasteiger partial charge in [-0.05, 0) is 0 Å². The van der Waals surface area contributed by atoms with Crippen molar-refractivity contribution in [1.82, 2.24) is 0 Å². The van der Waals surface area contributed by atoms with Gasteiger partial charge < -0.3 is 0 Å². The Labute approximate surface area is 65.4 Å². The second-order valence-electron chi connectivity index (χ2n) is 0.325. The Bertz CT molecular complexity index is 38.5. The van der Waals surface area contributed by atoms with Gasteiger partial charge in [-0.2, -0.15) is 5.26 Å². The van der Waals surface area contributed by atoms with Gasteiger partial charge in [-0.1, -0.05) is 45.2 Å². The van der Waals surface area contributed by atoms with Crippen LogP contribution in [0.2, 0.25) is 0 Å². The van der Waals surface area contributed by atoms with Crippen molar-refractivity contribution < 1.29 is 0 Å². The van der Waals surface area contributed by atoms with E-state index < -0.39 is 0 Å². The topological polar surface area (TPSA) is 23.8 Å². The third-order valence-electron chi connectivity index (χ3n) is 0. The van der Waals surface area contributed by atoms with E-state index in [4.69, 9.17) is 5.26 Å². The Hall–Kier alpha value is 0.950. The quantitative estimate of drug-likeness (QED) is 0.498. The molecule has 0 atom stereocenters. The molecule has 0 amide bonds. The van der Waals surface area contributed by atoms with Gasteiger partial charge in [-0.3, -0.25) is 0 Å². The summed E-state index contributed by atoms with van der Waals surface area (Å²) in [7, 11) is 0. The van der Waals surface area contributed by atoms with Crippen LogP contribution >= 0.6 is 45.2 Å². The molecule has 6 heavy (non-hydrogen) atoms. The molecule has 0 aliphatic rings. The van der Waals surface area contributed by atoms with Gasteiger partial charge in [-0.25, -0.2) is 0 Å². The maximum Gasteiger partial charge on any atom is 0.0587 e. The Kier molecular flexibility index (Phi) is 28.0. The number of nitrogens with zero attached hydrogens (tertiary/aromatic N) is 1. The van der Waals surface area contributed by atoms with Crippen molar-refractivity contribution >= 4 is 45.2 Å². The molecule has 0 radical (unpaired) electrons. The van der Waals surface area contributed by atoms with Gasteiger partial charge in [0.1, 0.15) is 0 Å². The van der Waals surface area contributed by atoms with Crippen molar-refractivity contribution in [2.24, 2.45) is 0 Å². The summed E-state index contributed by atoms with van der Waals surface area (Å²) in [6, 6.07) is 1.75. The van der Waals surface area contributed by atoms with E-state index in [0.29, 0.717) is 0 Å². The summed E-state index contributed by atoms with van der Waals surface area (Å²) in [6.07, 6.45) is 0. The Morgan fingerprint density at radius 1 is 1.67 bits per heavy atom. The molecule has 0 fully saturated rings. The summed E-state index contributed by atoms with van der Waals surface area (Å²) in [5.41, 5.74) is 0. The van der Waals surface area contributed by atoms with Gasteiger partial charge in [0, 0.05) is 6.92 Å². The minimum Gasteiger partial charge on any atom is -0.199 e. The SMILES string of the molecule is CC#N.ICI. The van der Waals surface area contributed by atoms with Crippen LogP contribution in [0.4, 0.5) is 0 Å². The standard InChI is InChI=1S/C2H3N.CH2I2/c1-2-3;2-1-3/h1H3;1H2. The summed E-state index contributed by atoms with van der Waals surface area (Å²) < 4.78 is 1.19. The molecule has 0 saturated heterocycles. The molecular weight excluding hydrogens is 304 g/mol. The molecule has 0 aromatic carbocycles. The van der Waals surface area contributed by atoms with E-state index in [1.54, 1.807) is 6.07 Å². The smallest absolute Gasteiger partial charge is 0.0587 e. The number of halogens is 2. The highest BCUT2D eigenvalue weighted by atomic mass is 127. The fraction of sp³-hybridized carbons (Fsp3) is 0.667. The van der Waals surface area contributed by atoms with E-state index in [1.165, 1.54) is 9.36 Å². The monoisotopic (exact) mass is 309 g/mol. The number of rotatable bonds is 0. The van der Waals surface area contributed by atoms with Gasteiger partial charge in [0.15, 0.2) is 0 Å². The third kappa shape index (κ3) is 85.6. The second-order valence-corrected chi connectivity index (χ2v) is 4.77. The zero-order valence-electron chi connectivity index (χ0n) is 3.41. The zero-order valence-corrected chi connectivity index (χ0v) is 7.73. The van der Waals surface area contributed by atoms with Crippen molar-refractivity contribution in [1.29, 1.82) is 5.26 Å². The summed E-state index contributed by atoms with van der Waals surface area (Å²) in [6.45, 7) is 1.43. The average molecular weight is 309 g/mol. The van der Waals surface area contributed by atoms with Crippen molar-refractivity contribution in [3.8, 4) is 6.07 Å². The molecule has 0 aliphatic heterocycles. The van der Waals surface area contributed by atoms with Crippen LogP contribution in [-0.4, -0.2) is 2.43 Å². The molecule has 0 aromatic heterocycles. The summed E-state index contributed by atoms with van der Waals surface area (Å²) in [5.74, 6) is 0. The molecule has 0 N–H and O–H groups in total. The van der Waals surface area contributed by atoms with Crippen molar-refractivity contribution in [3.63, 3.8) is 0 Å². The number of hydrogen-bond acceptors (Lipinski definition) is 1. The zero-order chi connectivity index (χ0) is 5.41. The number of alkyl halides is 2. The molecule has 0 spiro atoms. The first-order chi connectivity index (χ1) is 2.83. The first kappa shape index (κ1) is 10.0. The normalized spacial score (nSPS) is 4.33. The summed E-state index contributed by atoms with van der Waals surface area (Å²) in [5, 5.41) is 7.32. The van der Waals surface area contributed by atoms with Gasteiger partial charge in [0.25, 0.3) is 0 Å². The third-order valence-corrected chi connectivity index (χ3v) is 0. The van der Waals surface area contributed by atoms with Crippen LogP contribution in [0.15, 0.2) is 0 Å². The van der Waals surface area contributed by atoms with Crippen LogP contribution in [0.3, 0.4) is 0 Å². The first-order valence-electron chi connectivity index (χ1n) is 1.26. The van der Waals surface area contributed by atoms with Gasteiger partial charge in [0.2, 0.25) is 0 Å². The van der Waals surface area contributed by atoms with Gasteiger partial charge in [0.05, 0.1) is 8.50 Å². The fourth-order valence-electron chi connectivity index (χ4n) is 0. The van der Waals surface area contributed by atoms with Crippen LogP contribution in [-0.2, 0) is 0 Å². The van der Waals surface area contributed by atoms with E-state index >= 15 is 0 Å². The lowest BCUT2D eigenvalue weighted by Gasteiger charge is -1.43. The highest BCUT2D eigenvalue weighted by Crippen LogP contribution is 1.86. The van der Waals surface area contributed by atoms with E-state index in [9.17, 15) is 0 Å². The van der Waals surface area contributed by atoms with E-state index in [0.717, 1.165) is 0 Å². The summed E-state index contributed by atoms with van der Waals surface area (Å²) in [4.78, 5) is 0. The number of hydrogen-bond donors (Lipinski definition) is 0. The maximum atomic E-state index is 7.32. The van der Waals surface area contributed by atoms with Gasteiger partial charge in [-0.15, -0.1) is 0 Å². The lowest BCUT2D eigenvalue weighted by atomic mass is 11.0.